The number of hydrogen-bond donors (Lipinski definition) is 0. The van der Waals surface area contributed by atoms with E-state index in [0.717, 1.165) is 11.3 Å². The van der Waals surface area contributed by atoms with Crippen LogP contribution in [-0.2, 0) is 0 Å². The summed E-state index contributed by atoms with van der Waals surface area (Å²) in [5.41, 5.74) is 2.38. The van der Waals surface area contributed by atoms with Crippen LogP contribution in [0.3, 0.4) is 0 Å². The van der Waals surface area contributed by atoms with Crippen LogP contribution < -0.4 is 4.74 Å². The maximum atomic E-state index is 5.39. The molecule has 64 valence electrons. The van der Waals surface area contributed by atoms with Crippen LogP contribution in [0, 0.1) is 6.92 Å². The van der Waals surface area contributed by atoms with Gasteiger partial charge in [-0.15, -0.1) is 0 Å². The molecule has 0 atom stereocenters. The van der Waals surface area contributed by atoms with E-state index in [1.807, 2.05) is 32.0 Å². The van der Waals surface area contributed by atoms with Gasteiger partial charge >= 0.3 is 0 Å². The molecular weight excluding hydrogens is 148 g/mol. The zero-order chi connectivity index (χ0) is 8.97. The lowest BCUT2D eigenvalue weighted by atomic mass is 10.2. The molecule has 0 aliphatic heterocycles. The van der Waals surface area contributed by atoms with Crippen molar-refractivity contribution < 1.29 is 4.74 Å². The third-order valence-electron chi connectivity index (χ3n) is 1.42. The monoisotopic (exact) mass is 162 g/mol. The van der Waals surface area contributed by atoms with E-state index in [2.05, 4.69) is 13.0 Å². The quantitative estimate of drug-likeness (QED) is 0.606. The topological polar surface area (TPSA) is 9.23 Å². The predicted molar refractivity (Wildman–Crippen MR) is 51.2 cm³/mol. The predicted octanol–water partition coefficient (Wildman–Crippen LogP) is 3.30. The van der Waals surface area contributed by atoms with Gasteiger partial charge in [-0.3, -0.25) is 0 Å². The molecule has 0 bridgehead atoms. The SMILES string of the molecule is CC(C)=COc1cccc(C)c1. The second kappa shape index (κ2) is 3.96. The number of ether oxygens (including phenoxy) is 1. The number of allylic oxidation sites excluding steroid dienone is 1. The first-order valence-electron chi connectivity index (χ1n) is 4.05. The fourth-order valence-corrected chi connectivity index (χ4v) is 0.875. The summed E-state index contributed by atoms with van der Waals surface area (Å²) in [5, 5.41) is 0. The van der Waals surface area contributed by atoms with Gasteiger partial charge in [0.2, 0.25) is 0 Å². The summed E-state index contributed by atoms with van der Waals surface area (Å²) in [6, 6.07) is 8.00. The molecule has 1 aromatic rings. The van der Waals surface area contributed by atoms with Crippen LogP contribution in [-0.4, -0.2) is 0 Å². The third-order valence-corrected chi connectivity index (χ3v) is 1.42. The van der Waals surface area contributed by atoms with Crippen molar-refractivity contribution in [1.82, 2.24) is 0 Å². The van der Waals surface area contributed by atoms with Crippen molar-refractivity contribution in [2.75, 3.05) is 0 Å². The van der Waals surface area contributed by atoms with Crippen LogP contribution in [0.2, 0.25) is 0 Å². The summed E-state index contributed by atoms with van der Waals surface area (Å²) in [7, 11) is 0. The Bertz CT molecular complexity index is 283. The molecule has 0 spiro atoms. The maximum Gasteiger partial charge on any atom is 0.126 e. The van der Waals surface area contributed by atoms with E-state index in [1.165, 1.54) is 5.56 Å². The first-order valence-corrected chi connectivity index (χ1v) is 4.05. The van der Waals surface area contributed by atoms with Crippen LogP contribution >= 0.6 is 0 Å². The zero-order valence-electron chi connectivity index (χ0n) is 7.79. The highest BCUT2D eigenvalue weighted by atomic mass is 16.5. The van der Waals surface area contributed by atoms with Gasteiger partial charge in [-0.2, -0.15) is 0 Å². The van der Waals surface area contributed by atoms with Gasteiger partial charge in [-0.25, -0.2) is 0 Å². The van der Waals surface area contributed by atoms with Gasteiger partial charge in [0.25, 0.3) is 0 Å². The van der Waals surface area contributed by atoms with Crippen molar-refractivity contribution in [3.63, 3.8) is 0 Å². The molecule has 0 aliphatic rings. The Hall–Kier alpha value is -1.24. The minimum Gasteiger partial charge on any atom is -0.465 e. The number of hydrogen-bond acceptors (Lipinski definition) is 1. The summed E-state index contributed by atoms with van der Waals surface area (Å²) in [4.78, 5) is 0. The molecule has 12 heavy (non-hydrogen) atoms. The average Bonchev–Trinajstić information content (AvgIpc) is 2.01. The van der Waals surface area contributed by atoms with Crippen LogP contribution in [0.1, 0.15) is 19.4 Å². The zero-order valence-corrected chi connectivity index (χ0v) is 7.79. The van der Waals surface area contributed by atoms with E-state index in [1.54, 1.807) is 6.26 Å². The number of rotatable bonds is 2. The molecule has 0 fully saturated rings. The fourth-order valence-electron chi connectivity index (χ4n) is 0.875. The molecule has 1 heteroatoms. The Kier molecular flexibility index (Phi) is 2.92. The smallest absolute Gasteiger partial charge is 0.126 e. The van der Waals surface area contributed by atoms with Gasteiger partial charge in [0.1, 0.15) is 5.75 Å². The lowest BCUT2D eigenvalue weighted by Gasteiger charge is -2.00. The van der Waals surface area contributed by atoms with Crippen LogP contribution in [0.25, 0.3) is 0 Å². The Morgan fingerprint density at radius 2 is 2.08 bits per heavy atom. The van der Waals surface area contributed by atoms with Gasteiger partial charge in [-0.05, 0) is 44.0 Å². The van der Waals surface area contributed by atoms with E-state index in [4.69, 9.17) is 4.74 Å². The van der Waals surface area contributed by atoms with Crippen molar-refractivity contribution in [2.45, 2.75) is 20.8 Å². The molecule has 0 saturated carbocycles. The van der Waals surface area contributed by atoms with Gasteiger partial charge in [-0.1, -0.05) is 12.1 Å². The fraction of sp³-hybridized carbons (Fsp3) is 0.273. The number of aryl methyl sites for hydroxylation is 1. The van der Waals surface area contributed by atoms with E-state index in [-0.39, 0.29) is 0 Å². The Morgan fingerprint density at radius 3 is 2.67 bits per heavy atom. The molecule has 0 saturated heterocycles. The summed E-state index contributed by atoms with van der Waals surface area (Å²) < 4.78 is 5.39. The summed E-state index contributed by atoms with van der Waals surface area (Å²) in [6.45, 7) is 6.07. The van der Waals surface area contributed by atoms with Crippen molar-refractivity contribution in [2.24, 2.45) is 0 Å². The van der Waals surface area contributed by atoms with Crippen LogP contribution in [0.15, 0.2) is 36.1 Å². The van der Waals surface area contributed by atoms with Gasteiger partial charge in [0, 0.05) is 0 Å². The maximum absolute atomic E-state index is 5.39. The summed E-state index contributed by atoms with van der Waals surface area (Å²) in [6.07, 6.45) is 1.76. The van der Waals surface area contributed by atoms with E-state index in [0.29, 0.717) is 0 Å². The first-order chi connectivity index (χ1) is 5.68. The van der Waals surface area contributed by atoms with E-state index in [9.17, 15) is 0 Å². The lowest BCUT2D eigenvalue weighted by molar-refractivity contribution is 0.475. The highest BCUT2D eigenvalue weighted by Crippen LogP contribution is 2.12. The summed E-state index contributed by atoms with van der Waals surface area (Å²) in [5.74, 6) is 0.899. The second-order valence-electron chi connectivity index (χ2n) is 3.13. The Morgan fingerprint density at radius 1 is 1.33 bits per heavy atom. The molecular formula is C11H14O. The standard InChI is InChI=1S/C11H14O/c1-9(2)8-12-11-6-4-5-10(3)7-11/h4-8H,1-3H3. The van der Waals surface area contributed by atoms with Crippen molar-refractivity contribution in [1.29, 1.82) is 0 Å². The largest absolute Gasteiger partial charge is 0.465 e. The normalized spacial score (nSPS) is 9.25. The highest BCUT2D eigenvalue weighted by molar-refractivity contribution is 5.28. The third kappa shape index (κ3) is 2.79. The minimum atomic E-state index is 0.899. The molecule has 0 N–H and O–H groups in total. The van der Waals surface area contributed by atoms with Crippen LogP contribution in [0.4, 0.5) is 0 Å². The molecule has 1 nitrogen and oxygen atoms in total. The van der Waals surface area contributed by atoms with Crippen molar-refractivity contribution in [3.8, 4) is 5.75 Å². The molecule has 0 radical (unpaired) electrons. The second-order valence-corrected chi connectivity index (χ2v) is 3.13. The summed E-state index contributed by atoms with van der Waals surface area (Å²) >= 11 is 0. The Labute approximate surface area is 73.7 Å². The van der Waals surface area contributed by atoms with Crippen LogP contribution in [0.5, 0.6) is 5.75 Å². The lowest BCUT2D eigenvalue weighted by Crippen LogP contribution is -1.83. The minimum absolute atomic E-state index is 0.899. The first kappa shape index (κ1) is 8.85. The molecule has 0 heterocycles. The van der Waals surface area contributed by atoms with Crippen molar-refractivity contribution in [3.05, 3.63) is 41.7 Å². The molecule has 0 aromatic heterocycles. The van der Waals surface area contributed by atoms with Gasteiger partial charge in [0.05, 0.1) is 6.26 Å². The number of benzene rings is 1. The molecule has 0 amide bonds. The molecule has 0 unspecified atom stereocenters. The van der Waals surface area contributed by atoms with E-state index >= 15 is 0 Å². The van der Waals surface area contributed by atoms with Gasteiger partial charge < -0.3 is 4.74 Å². The van der Waals surface area contributed by atoms with Crippen molar-refractivity contribution >= 4 is 0 Å². The highest BCUT2D eigenvalue weighted by Gasteiger charge is 1.89. The van der Waals surface area contributed by atoms with Gasteiger partial charge in [0.15, 0.2) is 0 Å². The molecule has 0 aliphatic carbocycles. The molecule has 1 aromatic carbocycles. The Balaban J connectivity index is 2.70. The average molecular weight is 162 g/mol. The molecule has 1 rings (SSSR count). The van der Waals surface area contributed by atoms with E-state index < -0.39 is 0 Å².